The lowest BCUT2D eigenvalue weighted by Gasteiger charge is -2.44. The van der Waals surface area contributed by atoms with E-state index in [0.29, 0.717) is 5.56 Å². The van der Waals surface area contributed by atoms with Crippen LogP contribution in [0.4, 0.5) is 0 Å². The van der Waals surface area contributed by atoms with E-state index in [9.17, 15) is 9.59 Å². The van der Waals surface area contributed by atoms with Crippen molar-refractivity contribution in [2.45, 2.75) is 70.0 Å². The first-order chi connectivity index (χ1) is 13.6. The maximum Gasteiger partial charge on any atom is 0.254 e. The third-order valence-electron chi connectivity index (χ3n) is 6.21. The Hall–Kier alpha value is -2.14. The molecule has 2 aromatic rings. The number of fused-ring (bicyclic) bond motifs is 1. The van der Waals surface area contributed by atoms with E-state index >= 15 is 0 Å². The molecule has 0 radical (unpaired) electrons. The SMILES string of the molecule is CC[C@H](C)NC(=O)[C@H]1c2ccccc2C(=O)N(C2CCCC2)[C@H]1c1cccs1. The molecule has 148 valence electrons. The second kappa shape index (κ2) is 8.08. The van der Waals surface area contributed by atoms with Crippen LogP contribution in [0.5, 0.6) is 0 Å². The van der Waals surface area contributed by atoms with Gasteiger partial charge in [0.15, 0.2) is 0 Å². The maximum atomic E-state index is 13.6. The average Bonchev–Trinajstić information content (AvgIpc) is 3.41. The number of rotatable bonds is 5. The van der Waals surface area contributed by atoms with E-state index in [4.69, 9.17) is 0 Å². The largest absolute Gasteiger partial charge is 0.353 e. The van der Waals surface area contributed by atoms with Crippen molar-refractivity contribution in [1.82, 2.24) is 10.2 Å². The van der Waals surface area contributed by atoms with Gasteiger partial charge in [-0.1, -0.05) is 44.0 Å². The lowest BCUT2D eigenvalue weighted by Crippen LogP contribution is -2.51. The van der Waals surface area contributed by atoms with Crippen molar-refractivity contribution in [3.8, 4) is 0 Å². The van der Waals surface area contributed by atoms with E-state index in [0.717, 1.165) is 42.5 Å². The molecule has 1 saturated carbocycles. The Labute approximate surface area is 170 Å². The fraction of sp³-hybridized carbons (Fsp3) is 0.478. The van der Waals surface area contributed by atoms with Crippen molar-refractivity contribution in [3.63, 3.8) is 0 Å². The van der Waals surface area contributed by atoms with Crippen molar-refractivity contribution in [2.24, 2.45) is 0 Å². The fourth-order valence-corrected chi connectivity index (χ4v) is 5.48. The van der Waals surface area contributed by atoms with Crippen LogP contribution in [0.15, 0.2) is 41.8 Å². The Morgan fingerprint density at radius 3 is 2.64 bits per heavy atom. The molecule has 1 N–H and O–H groups in total. The summed E-state index contributed by atoms with van der Waals surface area (Å²) < 4.78 is 0. The highest BCUT2D eigenvalue weighted by atomic mass is 32.1. The lowest BCUT2D eigenvalue weighted by atomic mass is 9.80. The first kappa shape index (κ1) is 19.2. The summed E-state index contributed by atoms with van der Waals surface area (Å²) in [7, 11) is 0. The molecule has 0 spiro atoms. The van der Waals surface area contributed by atoms with Crippen LogP contribution in [0.2, 0.25) is 0 Å². The molecular formula is C23H28N2O2S. The molecule has 0 unspecified atom stereocenters. The Morgan fingerprint density at radius 1 is 1.21 bits per heavy atom. The highest BCUT2D eigenvalue weighted by Gasteiger charge is 2.47. The molecular weight excluding hydrogens is 368 g/mol. The standard InChI is InChI=1S/C23H28N2O2S/c1-3-15(2)24-22(26)20-17-11-6-7-12-18(17)23(27)25(16-9-4-5-10-16)21(20)19-13-8-14-28-19/h6-8,11-16,20-21H,3-5,9-10H2,1-2H3,(H,24,26)/t15-,20-,21-/m0/s1. The minimum atomic E-state index is -0.373. The van der Waals surface area contributed by atoms with Crippen LogP contribution < -0.4 is 5.32 Å². The van der Waals surface area contributed by atoms with Crippen molar-refractivity contribution in [3.05, 3.63) is 57.8 Å². The molecule has 0 bridgehead atoms. The first-order valence-electron chi connectivity index (χ1n) is 10.4. The van der Waals surface area contributed by atoms with Crippen molar-refractivity contribution >= 4 is 23.2 Å². The van der Waals surface area contributed by atoms with Gasteiger partial charge in [0.2, 0.25) is 5.91 Å². The molecule has 1 aromatic carbocycles. The molecule has 2 amide bonds. The quantitative estimate of drug-likeness (QED) is 0.782. The summed E-state index contributed by atoms with van der Waals surface area (Å²) in [6.45, 7) is 4.11. The Bertz CT molecular complexity index is 842. The van der Waals surface area contributed by atoms with Crippen LogP contribution in [-0.2, 0) is 4.79 Å². The summed E-state index contributed by atoms with van der Waals surface area (Å²) in [5, 5.41) is 5.22. The van der Waals surface area contributed by atoms with Crippen LogP contribution in [-0.4, -0.2) is 28.8 Å². The van der Waals surface area contributed by atoms with Crippen LogP contribution >= 0.6 is 11.3 Å². The number of benzene rings is 1. The molecule has 1 aliphatic heterocycles. The van der Waals surface area contributed by atoms with Crippen molar-refractivity contribution < 1.29 is 9.59 Å². The number of nitrogens with one attached hydrogen (secondary N) is 1. The number of hydrogen-bond donors (Lipinski definition) is 1. The van der Waals surface area contributed by atoms with Gasteiger partial charge in [0.25, 0.3) is 5.91 Å². The molecule has 0 saturated heterocycles. The molecule has 5 heteroatoms. The summed E-state index contributed by atoms with van der Waals surface area (Å²) in [5.74, 6) is -0.272. The van der Waals surface area contributed by atoms with Crippen molar-refractivity contribution in [2.75, 3.05) is 0 Å². The van der Waals surface area contributed by atoms with Gasteiger partial charge in [0, 0.05) is 22.5 Å². The third kappa shape index (κ3) is 3.37. The predicted octanol–water partition coefficient (Wildman–Crippen LogP) is 4.89. The fourth-order valence-electron chi connectivity index (χ4n) is 4.61. The molecule has 1 fully saturated rings. The summed E-state index contributed by atoms with van der Waals surface area (Å²) >= 11 is 1.64. The lowest BCUT2D eigenvalue weighted by molar-refractivity contribution is -0.125. The van der Waals surface area contributed by atoms with E-state index < -0.39 is 0 Å². The second-order valence-electron chi connectivity index (χ2n) is 7.99. The van der Waals surface area contributed by atoms with Gasteiger partial charge in [-0.3, -0.25) is 9.59 Å². The second-order valence-corrected chi connectivity index (χ2v) is 8.97. The molecule has 1 aromatic heterocycles. The monoisotopic (exact) mass is 396 g/mol. The average molecular weight is 397 g/mol. The zero-order valence-corrected chi connectivity index (χ0v) is 17.4. The Morgan fingerprint density at radius 2 is 1.96 bits per heavy atom. The maximum absolute atomic E-state index is 13.6. The topological polar surface area (TPSA) is 49.4 Å². The third-order valence-corrected chi connectivity index (χ3v) is 7.16. The summed E-state index contributed by atoms with van der Waals surface area (Å²) in [6.07, 6.45) is 5.23. The van der Waals surface area contributed by atoms with E-state index in [-0.39, 0.29) is 35.9 Å². The number of thiophene rings is 1. The smallest absolute Gasteiger partial charge is 0.254 e. The van der Waals surface area contributed by atoms with E-state index in [2.05, 4.69) is 18.3 Å². The van der Waals surface area contributed by atoms with Crippen molar-refractivity contribution in [1.29, 1.82) is 0 Å². The van der Waals surface area contributed by atoms with Crippen LogP contribution in [0.1, 0.15) is 78.7 Å². The number of hydrogen-bond acceptors (Lipinski definition) is 3. The minimum Gasteiger partial charge on any atom is -0.353 e. The molecule has 2 heterocycles. The van der Waals surface area contributed by atoms with Crippen LogP contribution in [0.25, 0.3) is 0 Å². The van der Waals surface area contributed by atoms with Gasteiger partial charge in [-0.2, -0.15) is 0 Å². The minimum absolute atomic E-state index is 0.0238. The van der Waals surface area contributed by atoms with Gasteiger partial charge in [-0.05, 0) is 49.3 Å². The number of carbonyl (C=O) groups excluding carboxylic acids is 2. The highest BCUT2D eigenvalue weighted by molar-refractivity contribution is 7.10. The molecule has 28 heavy (non-hydrogen) atoms. The van der Waals surface area contributed by atoms with Gasteiger partial charge in [0.1, 0.15) is 0 Å². The number of carbonyl (C=O) groups is 2. The predicted molar refractivity (Wildman–Crippen MR) is 113 cm³/mol. The van der Waals surface area contributed by atoms with Gasteiger partial charge in [0.05, 0.1) is 12.0 Å². The first-order valence-corrected chi connectivity index (χ1v) is 11.2. The van der Waals surface area contributed by atoms with Gasteiger partial charge in [-0.15, -0.1) is 11.3 Å². The van der Waals surface area contributed by atoms with Gasteiger partial charge in [-0.25, -0.2) is 0 Å². The molecule has 3 atom stereocenters. The Kier molecular flexibility index (Phi) is 5.54. The summed E-state index contributed by atoms with van der Waals surface area (Å²) in [5.41, 5.74) is 1.55. The highest BCUT2D eigenvalue weighted by Crippen LogP contribution is 2.47. The Balaban J connectivity index is 1.84. The van der Waals surface area contributed by atoms with E-state index in [1.165, 1.54) is 0 Å². The molecule has 1 aliphatic carbocycles. The summed E-state index contributed by atoms with van der Waals surface area (Å²) in [4.78, 5) is 30.2. The molecule has 4 nitrogen and oxygen atoms in total. The zero-order valence-electron chi connectivity index (χ0n) is 16.6. The van der Waals surface area contributed by atoms with E-state index in [1.807, 2.05) is 47.5 Å². The normalized spacial score (nSPS) is 23.5. The molecule has 4 rings (SSSR count). The number of nitrogens with zero attached hydrogens (tertiary/aromatic N) is 1. The van der Waals surface area contributed by atoms with Crippen LogP contribution in [0, 0.1) is 0 Å². The summed E-state index contributed by atoms with van der Waals surface area (Å²) in [6, 6.07) is 11.9. The van der Waals surface area contributed by atoms with Crippen LogP contribution in [0.3, 0.4) is 0 Å². The molecule has 2 aliphatic rings. The van der Waals surface area contributed by atoms with Gasteiger partial charge >= 0.3 is 0 Å². The zero-order chi connectivity index (χ0) is 19.7. The number of amides is 2. The van der Waals surface area contributed by atoms with E-state index in [1.54, 1.807) is 11.3 Å². The van der Waals surface area contributed by atoms with Gasteiger partial charge < -0.3 is 10.2 Å².